The van der Waals surface area contributed by atoms with Crippen LogP contribution in [0.1, 0.15) is 10.4 Å². The standard InChI is InChI=1S/C10H12O3S/c1-12-8-4-5-9(14-3)10(13-2)7(8)6-11/h4-6H,1-3H3. The molecule has 0 atom stereocenters. The van der Waals surface area contributed by atoms with Crippen LogP contribution in [0.25, 0.3) is 0 Å². The second-order valence-electron chi connectivity index (χ2n) is 2.53. The van der Waals surface area contributed by atoms with Crippen LogP contribution < -0.4 is 9.47 Å². The average Bonchev–Trinajstić information content (AvgIpc) is 2.26. The number of aldehydes is 1. The minimum Gasteiger partial charge on any atom is -0.496 e. The Balaban J connectivity index is 3.35. The van der Waals surface area contributed by atoms with E-state index >= 15 is 0 Å². The van der Waals surface area contributed by atoms with Gasteiger partial charge in [0.15, 0.2) is 6.29 Å². The van der Waals surface area contributed by atoms with Gasteiger partial charge in [-0.2, -0.15) is 0 Å². The van der Waals surface area contributed by atoms with Gasteiger partial charge in [0.05, 0.1) is 24.7 Å². The fourth-order valence-electron chi connectivity index (χ4n) is 1.22. The second-order valence-corrected chi connectivity index (χ2v) is 3.38. The molecule has 14 heavy (non-hydrogen) atoms. The van der Waals surface area contributed by atoms with E-state index < -0.39 is 0 Å². The molecule has 0 aliphatic rings. The number of carbonyl (C=O) groups excluding carboxylic acids is 1. The quantitative estimate of drug-likeness (QED) is 0.566. The number of methoxy groups -OCH3 is 2. The van der Waals surface area contributed by atoms with Crippen LogP contribution in [-0.4, -0.2) is 26.8 Å². The molecule has 76 valence electrons. The molecule has 3 nitrogen and oxygen atoms in total. The largest absolute Gasteiger partial charge is 0.496 e. The van der Waals surface area contributed by atoms with Crippen molar-refractivity contribution in [2.75, 3.05) is 20.5 Å². The van der Waals surface area contributed by atoms with Crippen molar-refractivity contribution in [1.29, 1.82) is 0 Å². The summed E-state index contributed by atoms with van der Waals surface area (Å²) in [6.45, 7) is 0. The first kappa shape index (κ1) is 10.9. The molecule has 0 unspecified atom stereocenters. The Hall–Kier alpha value is -1.16. The van der Waals surface area contributed by atoms with Gasteiger partial charge in [0.25, 0.3) is 0 Å². The summed E-state index contributed by atoms with van der Waals surface area (Å²) < 4.78 is 10.2. The van der Waals surface area contributed by atoms with Gasteiger partial charge in [-0.1, -0.05) is 0 Å². The van der Waals surface area contributed by atoms with Crippen molar-refractivity contribution >= 4 is 18.0 Å². The molecule has 0 aromatic heterocycles. The second kappa shape index (κ2) is 4.91. The van der Waals surface area contributed by atoms with Crippen LogP contribution in [0.5, 0.6) is 11.5 Å². The molecule has 0 saturated heterocycles. The molecule has 1 aromatic carbocycles. The number of benzene rings is 1. The molecular weight excluding hydrogens is 200 g/mol. The third-order valence-electron chi connectivity index (χ3n) is 1.88. The van der Waals surface area contributed by atoms with E-state index in [0.29, 0.717) is 17.1 Å². The maximum atomic E-state index is 10.9. The van der Waals surface area contributed by atoms with Crippen LogP contribution in [0.2, 0.25) is 0 Å². The van der Waals surface area contributed by atoms with Crippen LogP contribution in [0.4, 0.5) is 0 Å². The molecule has 0 spiro atoms. The molecule has 0 amide bonds. The summed E-state index contributed by atoms with van der Waals surface area (Å²) in [7, 11) is 3.07. The predicted molar refractivity (Wildman–Crippen MR) is 56.7 cm³/mol. The van der Waals surface area contributed by atoms with Gasteiger partial charge in [0.2, 0.25) is 0 Å². The molecule has 1 aromatic rings. The lowest BCUT2D eigenvalue weighted by atomic mass is 10.2. The number of hydrogen-bond acceptors (Lipinski definition) is 4. The van der Waals surface area contributed by atoms with Crippen LogP contribution in [-0.2, 0) is 0 Å². The molecule has 1 rings (SSSR count). The topological polar surface area (TPSA) is 35.5 Å². The molecule has 0 aliphatic carbocycles. The maximum absolute atomic E-state index is 10.9. The van der Waals surface area contributed by atoms with Gasteiger partial charge in [0, 0.05) is 0 Å². The third kappa shape index (κ3) is 1.85. The van der Waals surface area contributed by atoms with Crippen molar-refractivity contribution in [3.05, 3.63) is 17.7 Å². The minimum absolute atomic E-state index is 0.460. The van der Waals surface area contributed by atoms with E-state index in [1.165, 1.54) is 18.9 Å². The molecule has 0 N–H and O–H groups in total. The van der Waals surface area contributed by atoms with Gasteiger partial charge in [-0.05, 0) is 18.4 Å². The predicted octanol–water partition coefficient (Wildman–Crippen LogP) is 2.24. The van der Waals surface area contributed by atoms with Crippen molar-refractivity contribution in [3.63, 3.8) is 0 Å². The molecule has 0 radical (unpaired) electrons. The zero-order valence-corrected chi connectivity index (χ0v) is 9.18. The van der Waals surface area contributed by atoms with Gasteiger partial charge < -0.3 is 9.47 Å². The summed E-state index contributed by atoms with van der Waals surface area (Å²) in [6.07, 6.45) is 2.68. The van der Waals surface area contributed by atoms with Gasteiger partial charge in [0.1, 0.15) is 11.5 Å². The third-order valence-corrected chi connectivity index (χ3v) is 2.64. The number of rotatable bonds is 4. The van der Waals surface area contributed by atoms with Gasteiger partial charge in [-0.15, -0.1) is 11.8 Å². The van der Waals surface area contributed by atoms with Crippen LogP contribution >= 0.6 is 11.8 Å². The molecule has 4 heteroatoms. The first-order valence-corrected chi connectivity index (χ1v) is 5.25. The van der Waals surface area contributed by atoms with Crippen molar-refractivity contribution in [2.45, 2.75) is 4.90 Å². The van der Waals surface area contributed by atoms with E-state index in [0.717, 1.165) is 11.2 Å². The molecular formula is C10H12O3S. The molecule has 0 saturated carbocycles. The van der Waals surface area contributed by atoms with Crippen molar-refractivity contribution < 1.29 is 14.3 Å². The highest BCUT2D eigenvalue weighted by Crippen LogP contribution is 2.35. The molecule has 0 fully saturated rings. The molecule has 0 heterocycles. The SMILES string of the molecule is COc1ccc(SC)c(OC)c1C=O. The fourth-order valence-corrected chi connectivity index (χ4v) is 1.81. The molecule has 0 aliphatic heterocycles. The van der Waals surface area contributed by atoms with Gasteiger partial charge >= 0.3 is 0 Å². The highest BCUT2D eigenvalue weighted by atomic mass is 32.2. The van der Waals surface area contributed by atoms with Crippen LogP contribution in [0.15, 0.2) is 17.0 Å². The van der Waals surface area contributed by atoms with E-state index in [4.69, 9.17) is 9.47 Å². The summed E-state index contributed by atoms with van der Waals surface area (Å²) in [6, 6.07) is 3.63. The first-order valence-electron chi connectivity index (χ1n) is 4.02. The Kier molecular flexibility index (Phi) is 3.83. The Morgan fingerprint density at radius 1 is 1.29 bits per heavy atom. The number of ether oxygens (including phenoxy) is 2. The summed E-state index contributed by atoms with van der Waals surface area (Å²) >= 11 is 1.53. The lowest BCUT2D eigenvalue weighted by molar-refractivity contribution is 0.111. The molecule has 0 bridgehead atoms. The van der Waals surface area contributed by atoms with Crippen molar-refractivity contribution in [2.24, 2.45) is 0 Å². The van der Waals surface area contributed by atoms with E-state index in [2.05, 4.69) is 0 Å². The monoisotopic (exact) mass is 212 g/mol. The van der Waals surface area contributed by atoms with E-state index in [1.54, 1.807) is 13.2 Å². The normalized spacial score (nSPS) is 9.64. The zero-order valence-electron chi connectivity index (χ0n) is 8.37. The smallest absolute Gasteiger partial charge is 0.157 e. The van der Waals surface area contributed by atoms with Crippen molar-refractivity contribution in [3.8, 4) is 11.5 Å². The minimum atomic E-state index is 0.460. The van der Waals surface area contributed by atoms with E-state index in [1.807, 2.05) is 12.3 Å². The maximum Gasteiger partial charge on any atom is 0.157 e. The highest BCUT2D eigenvalue weighted by molar-refractivity contribution is 7.98. The summed E-state index contributed by atoms with van der Waals surface area (Å²) in [5.74, 6) is 1.11. The lowest BCUT2D eigenvalue weighted by Gasteiger charge is -2.11. The van der Waals surface area contributed by atoms with E-state index in [9.17, 15) is 4.79 Å². The van der Waals surface area contributed by atoms with Crippen LogP contribution in [0.3, 0.4) is 0 Å². The zero-order chi connectivity index (χ0) is 10.6. The van der Waals surface area contributed by atoms with Crippen molar-refractivity contribution in [1.82, 2.24) is 0 Å². The Labute approximate surface area is 87.4 Å². The Morgan fingerprint density at radius 2 is 2.00 bits per heavy atom. The highest BCUT2D eigenvalue weighted by Gasteiger charge is 2.13. The summed E-state index contributed by atoms with van der Waals surface area (Å²) in [5.41, 5.74) is 0.460. The number of carbonyl (C=O) groups is 1. The van der Waals surface area contributed by atoms with Crippen LogP contribution in [0, 0.1) is 0 Å². The Morgan fingerprint density at radius 3 is 2.43 bits per heavy atom. The first-order chi connectivity index (χ1) is 6.78. The van der Waals surface area contributed by atoms with E-state index in [-0.39, 0.29) is 0 Å². The summed E-state index contributed by atoms with van der Waals surface area (Å²) in [5, 5.41) is 0. The lowest BCUT2D eigenvalue weighted by Crippen LogP contribution is -1.96. The Bertz CT molecular complexity index is 336. The number of hydrogen-bond donors (Lipinski definition) is 0. The number of thioether (sulfide) groups is 1. The van der Waals surface area contributed by atoms with Gasteiger partial charge in [-0.25, -0.2) is 0 Å². The fraction of sp³-hybridized carbons (Fsp3) is 0.300. The summed E-state index contributed by atoms with van der Waals surface area (Å²) in [4.78, 5) is 11.8. The average molecular weight is 212 g/mol. The van der Waals surface area contributed by atoms with Gasteiger partial charge in [-0.3, -0.25) is 4.79 Å².